The number of rotatable bonds is 1. The lowest BCUT2D eigenvalue weighted by Crippen LogP contribution is -1.90. The molecule has 0 aliphatic heterocycles. The van der Waals surface area contributed by atoms with Crippen molar-refractivity contribution in [1.29, 1.82) is 0 Å². The predicted octanol–water partition coefficient (Wildman–Crippen LogP) is 3.98. The van der Waals surface area contributed by atoms with Gasteiger partial charge >= 0.3 is 0 Å². The van der Waals surface area contributed by atoms with Gasteiger partial charge in [-0.3, -0.25) is 0 Å². The van der Waals surface area contributed by atoms with Crippen LogP contribution >= 0.6 is 0 Å². The molecular formula is C15H16O. The Kier molecular flexibility index (Phi) is 2.69. The molecule has 82 valence electrons. The Morgan fingerprint density at radius 1 is 0.812 bits per heavy atom. The molecule has 0 fully saturated rings. The van der Waals surface area contributed by atoms with E-state index in [1.807, 2.05) is 13.0 Å². The van der Waals surface area contributed by atoms with E-state index >= 15 is 0 Å². The Labute approximate surface area is 96.4 Å². The molecule has 1 nitrogen and oxygen atoms in total. The number of benzene rings is 2. The third kappa shape index (κ3) is 1.69. The molecule has 0 bridgehead atoms. The Bertz CT molecular complexity index is 507. The second-order valence-electron chi connectivity index (χ2n) is 4.22. The summed E-state index contributed by atoms with van der Waals surface area (Å²) in [5.41, 5.74) is 5.79. The van der Waals surface area contributed by atoms with E-state index in [0.29, 0.717) is 5.75 Å². The first-order chi connectivity index (χ1) is 7.61. The summed E-state index contributed by atoms with van der Waals surface area (Å²) in [6.07, 6.45) is 0. The zero-order valence-electron chi connectivity index (χ0n) is 9.91. The molecule has 1 heteroatoms. The summed E-state index contributed by atoms with van der Waals surface area (Å²) in [5, 5.41) is 9.74. The van der Waals surface area contributed by atoms with Crippen molar-refractivity contribution >= 4 is 0 Å². The van der Waals surface area contributed by atoms with Crippen LogP contribution in [0.3, 0.4) is 0 Å². The lowest BCUT2D eigenvalue weighted by atomic mass is 9.92. The third-order valence-electron chi connectivity index (χ3n) is 3.06. The zero-order chi connectivity index (χ0) is 11.7. The molecule has 0 amide bonds. The molecule has 16 heavy (non-hydrogen) atoms. The molecule has 1 N–H and O–H groups in total. The normalized spacial score (nSPS) is 10.4. The van der Waals surface area contributed by atoms with Crippen LogP contribution in [0.25, 0.3) is 11.1 Å². The van der Waals surface area contributed by atoms with E-state index in [9.17, 15) is 5.11 Å². The maximum Gasteiger partial charge on any atom is 0.119 e. The number of aryl methyl sites for hydroxylation is 2. The fourth-order valence-corrected chi connectivity index (χ4v) is 2.13. The van der Waals surface area contributed by atoms with Crippen LogP contribution in [0, 0.1) is 20.8 Å². The van der Waals surface area contributed by atoms with Crippen LogP contribution in [0.15, 0.2) is 36.4 Å². The average Bonchev–Trinajstić information content (AvgIpc) is 2.24. The second kappa shape index (κ2) is 4.01. The van der Waals surface area contributed by atoms with Gasteiger partial charge in [-0.2, -0.15) is 0 Å². The minimum atomic E-state index is 0.361. The van der Waals surface area contributed by atoms with Crippen molar-refractivity contribution in [2.45, 2.75) is 20.8 Å². The Balaban J connectivity index is 2.73. The van der Waals surface area contributed by atoms with Gasteiger partial charge in [0, 0.05) is 0 Å². The molecule has 0 saturated carbocycles. The molecular weight excluding hydrogens is 196 g/mol. The van der Waals surface area contributed by atoms with Gasteiger partial charge in [0.15, 0.2) is 0 Å². The maximum atomic E-state index is 9.74. The van der Waals surface area contributed by atoms with Crippen LogP contribution in [0.2, 0.25) is 0 Å². The van der Waals surface area contributed by atoms with Crippen LogP contribution in [-0.4, -0.2) is 5.11 Å². The van der Waals surface area contributed by atoms with Gasteiger partial charge in [0.2, 0.25) is 0 Å². The van der Waals surface area contributed by atoms with Gasteiger partial charge < -0.3 is 5.11 Å². The molecule has 2 aromatic carbocycles. The van der Waals surface area contributed by atoms with Crippen molar-refractivity contribution < 1.29 is 5.11 Å². The standard InChI is InChI=1S/C15H16O/c1-10-6-4-7-11(2)15(10)13-8-5-9-14(16)12(13)3/h4-9,16H,1-3H3. The molecule has 0 saturated heterocycles. The molecule has 0 atom stereocenters. The zero-order valence-corrected chi connectivity index (χ0v) is 9.91. The van der Waals surface area contributed by atoms with E-state index < -0.39 is 0 Å². The van der Waals surface area contributed by atoms with E-state index in [1.165, 1.54) is 16.7 Å². The molecule has 0 aromatic heterocycles. The van der Waals surface area contributed by atoms with Crippen molar-refractivity contribution in [2.75, 3.05) is 0 Å². The van der Waals surface area contributed by atoms with Gasteiger partial charge in [-0.25, -0.2) is 0 Å². The Morgan fingerprint density at radius 3 is 2.00 bits per heavy atom. The maximum absolute atomic E-state index is 9.74. The molecule has 2 aromatic rings. The summed E-state index contributed by atoms with van der Waals surface area (Å²) in [7, 11) is 0. The second-order valence-corrected chi connectivity index (χ2v) is 4.22. The van der Waals surface area contributed by atoms with Gasteiger partial charge in [-0.05, 0) is 54.7 Å². The number of aromatic hydroxyl groups is 1. The molecule has 2 rings (SSSR count). The van der Waals surface area contributed by atoms with E-state index in [-0.39, 0.29) is 0 Å². The SMILES string of the molecule is Cc1cccc(C)c1-c1cccc(O)c1C. The molecule has 0 radical (unpaired) electrons. The summed E-state index contributed by atoms with van der Waals surface area (Å²) in [6.45, 7) is 6.16. The van der Waals surface area contributed by atoms with Gasteiger partial charge in [-0.15, -0.1) is 0 Å². The van der Waals surface area contributed by atoms with E-state index in [2.05, 4.69) is 38.1 Å². The quantitative estimate of drug-likeness (QED) is 0.758. The molecule has 0 spiro atoms. The topological polar surface area (TPSA) is 20.2 Å². The molecule has 0 unspecified atom stereocenters. The van der Waals surface area contributed by atoms with Crippen molar-refractivity contribution in [3.8, 4) is 16.9 Å². The van der Waals surface area contributed by atoms with E-state index in [0.717, 1.165) is 11.1 Å². The molecule has 0 aliphatic carbocycles. The van der Waals surface area contributed by atoms with Gasteiger partial charge in [-0.1, -0.05) is 30.3 Å². The average molecular weight is 212 g/mol. The molecule has 0 heterocycles. The summed E-state index contributed by atoms with van der Waals surface area (Å²) < 4.78 is 0. The first-order valence-electron chi connectivity index (χ1n) is 5.46. The van der Waals surface area contributed by atoms with Crippen molar-refractivity contribution in [3.05, 3.63) is 53.1 Å². The monoisotopic (exact) mass is 212 g/mol. The largest absolute Gasteiger partial charge is 0.508 e. The van der Waals surface area contributed by atoms with E-state index in [4.69, 9.17) is 0 Å². The summed E-state index contributed by atoms with van der Waals surface area (Å²) in [4.78, 5) is 0. The highest BCUT2D eigenvalue weighted by molar-refractivity contribution is 5.75. The summed E-state index contributed by atoms with van der Waals surface area (Å²) >= 11 is 0. The van der Waals surface area contributed by atoms with Crippen molar-refractivity contribution in [1.82, 2.24) is 0 Å². The van der Waals surface area contributed by atoms with Crippen LogP contribution in [0.4, 0.5) is 0 Å². The van der Waals surface area contributed by atoms with Crippen molar-refractivity contribution in [2.24, 2.45) is 0 Å². The minimum absolute atomic E-state index is 0.361. The first-order valence-corrected chi connectivity index (χ1v) is 5.46. The Hall–Kier alpha value is -1.76. The van der Waals surface area contributed by atoms with Gasteiger partial charge in [0.1, 0.15) is 5.75 Å². The fourth-order valence-electron chi connectivity index (χ4n) is 2.13. The number of phenolic OH excluding ortho intramolecular Hbond substituents is 1. The lowest BCUT2D eigenvalue weighted by Gasteiger charge is -2.13. The third-order valence-corrected chi connectivity index (χ3v) is 3.06. The van der Waals surface area contributed by atoms with Gasteiger partial charge in [0.05, 0.1) is 0 Å². The minimum Gasteiger partial charge on any atom is -0.508 e. The molecule has 0 aliphatic rings. The highest BCUT2D eigenvalue weighted by Gasteiger charge is 2.09. The Morgan fingerprint density at radius 2 is 1.38 bits per heavy atom. The lowest BCUT2D eigenvalue weighted by molar-refractivity contribution is 0.471. The highest BCUT2D eigenvalue weighted by atomic mass is 16.3. The summed E-state index contributed by atoms with van der Waals surface area (Å²) in [5.74, 6) is 0.361. The highest BCUT2D eigenvalue weighted by Crippen LogP contribution is 2.33. The predicted molar refractivity (Wildman–Crippen MR) is 67.8 cm³/mol. The first kappa shape index (κ1) is 10.7. The van der Waals surface area contributed by atoms with E-state index in [1.54, 1.807) is 6.07 Å². The van der Waals surface area contributed by atoms with Crippen molar-refractivity contribution in [3.63, 3.8) is 0 Å². The van der Waals surface area contributed by atoms with Crippen LogP contribution < -0.4 is 0 Å². The van der Waals surface area contributed by atoms with Crippen LogP contribution in [0.5, 0.6) is 5.75 Å². The summed E-state index contributed by atoms with van der Waals surface area (Å²) in [6, 6.07) is 11.9. The fraction of sp³-hybridized carbons (Fsp3) is 0.200. The number of hydrogen-bond acceptors (Lipinski definition) is 1. The van der Waals surface area contributed by atoms with Crippen LogP contribution in [-0.2, 0) is 0 Å². The van der Waals surface area contributed by atoms with Crippen LogP contribution in [0.1, 0.15) is 16.7 Å². The number of hydrogen-bond donors (Lipinski definition) is 1. The smallest absolute Gasteiger partial charge is 0.119 e. The van der Waals surface area contributed by atoms with Gasteiger partial charge in [0.25, 0.3) is 0 Å². The number of phenols is 1.